The van der Waals surface area contributed by atoms with E-state index in [4.69, 9.17) is 11.6 Å². The Morgan fingerprint density at radius 1 is 1.53 bits per heavy atom. The first-order valence-corrected chi connectivity index (χ1v) is 6.41. The van der Waals surface area contributed by atoms with Crippen LogP contribution in [0.15, 0.2) is 18.2 Å². The van der Waals surface area contributed by atoms with Gasteiger partial charge in [-0.3, -0.25) is 0 Å². The fraction of sp³-hybridized carbons (Fsp3) is 0.538. The number of anilines is 1. The quantitative estimate of drug-likeness (QED) is 0.895. The molecule has 1 atom stereocenters. The van der Waals surface area contributed by atoms with E-state index in [1.165, 1.54) is 18.9 Å². The van der Waals surface area contributed by atoms with Gasteiger partial charge in [-0.2, -0.15) is 0 Å². The Balaban J connectivity index is 1.98. The van der Waals surface area contributed by atoms with Crippen LogP contribution in [0.5, 0.6) is 0 Å². The summed E-state index contributed by atoms with van der Waals surface area (Å²) in [6.45, 7) is 3.18. The van der Waals surface area contributed by atoms with E-state index in [0.29, 0.717) is 5.92 Å². The number of nitrogens with zero attached hydrogens (tertiary/aromatic N) is 1. The molecule has 1 fully saturated rings. The van der Waals surface area contributed by atoms with Crippen molar-refractivity contribution < 1.29 is 4.39 Å². The molecule has 0 amide bonds. The molecule has 0 saturated carbocycles. The lowest BCUT2D eigenvalue weighted by Gasteiger charge is -2.29. The normalized spacial score (nSPS) is 20.3. The molecule has 1 saturated heterocycles. The summed E-state index contributed by atoms with van der Waals surface area (Å²) in [5, 5.41) is 3.59. The maximum Gasteiger partial charge on any atom is 0.141 e. The van der Waals surface area contributed by atoms with E-state index >= 15 is 0 Å². The highest BCUT2D eigenvalue weighted by Crippen LogP contribution is 2.23. The van der Waals surface area contributed by atoms with Crippen molar-refractivity contribution in [2.45, 2.75) is 12.8 Å². The zero-order valence-electron chi connectivity index (χ0n) is 10.0. The molecule has 0 aromatic heterocycles. The van der Waals surface area contributed by atoms with Crippen LogP contribution in [-0.2, 0) is 0 Å². The third-order valence-corrected chi connectivity index (χ3v) is 3.56. The SMILES string of the molecule is CN(CC1CCCNC1)c1ccc(F)c(Cl)c1. The van der Waals surface area contributed by atoms with Gasteiger partial charge in [-0.15, -0.1) is 0 Å². The summed E-state index contributed by atoms with van der Waals surface area (Å²) in [4.78, 5) is 2.14. The van der Waals surface area contributed by atoms with Crippen molar-refractivity contribution in [2.75, 3.05) is 31.6 Å². The Labute approximate surface area is 107 Å². The fourth-order valence-corrected chi connectivity index (χ4v) is 2.47. The van der Waals surface area contributed by atoms with Gasteiger partial charge < -0.3 is 10.2 Å². The number of rotatable bonds is 3. The van der Waals surface area contributed by atoms with Crippen LogP contribution in [-0.4, -0.2) is 26.7 Å². The van der Waals surface area contributed by atoms with Crippen LogP contribution < -0.4 is 10.2 Å². The molecule has 4 heteroatoms. The number of nitrogens with one attached hydrogen (secondary N) is 1. The molecular weight excluding hydrogens is 239 g/mol. The standard InChI is InChI=1S/C13H18ClFN2/c1-17(9-10-3-2-6-16-8-10)11-4-5-13(15)12(14)7-11/h4-5,7,10,16H,2-3,6,8-9H2,1H3. The van der Waals surface area contributed by atoms with Crippen LogP contribution in [0.3, 0.4) is 0 Å². The van der Waals surface area contributed by atoms with Gasteiger partial charge in [0.1, 0.15) is 5.82 Å². The minimum absolute atomic E-state index is 0.191. The molecule has 0 bridgehead atoms. The molecule has 1 aromatic rings. The topological polar surface area (TPSA) is 15.3 Å². The Kier molecular flexibility index (Phi) is 4.24. The summed E-state index contributed by atoms with van der Waals surface area (Å²) in [7, 11) is 2.03. The predicted molar refractivity (Wildman–Crippen MR) is 70.3 cm³/mol. The molecule has 1 N–H and O–H groups in total. The van der Waals surface area contributed by atoms with Crippen LogP contribution in [0.1, 0.15) is 12.8 Å². The average molecular weight is 257 g/mol. The molecule has 0 radical (unpaired) electrons. The van der Waals surface area contributed by atoms with Crippen LogP contribution in [0.25, 0.3) is 0 Å². The van der Waals surface area contributed by atoms with Gasteiger partial charge >= 0.3 is 0 Å². The van der Waals surface area contributed by atoms with E-state index in [1.807, 2.05) is 7.05 Å². The van der Waals surface area contributed by atoms with Gasteiger partial charge in [0.05, 0.1) is 5.02 Å². The molecule has 1 aliphatic heterocycles. The van der Waals surface area contributed by atoms with E-state index in [0.717, 1.165) is 25.3 Å². The lowest BCUT2D eigenvalue weighted by molar-refractivity contribution is 0.381. The van der Waals surface area contributed by atoms with Gasteiger partial charge in [0.2, 0.25) is 0 Å². The molecule has 1 aromatic carbocycles. The van der Waals surface area contributed by atoms with Crippen molar-refractivity contribution in [2.24, 2.45) is 5.92 Å². The van der Waals surface area contributed by atoms with E-state index in [9.17, 15) is 4.39 Å². The Morgan fingerprint density at radius 2 is 2.35 bits per heavy atom. The summed E-state index contributed by atoms with van der Waals surface area (Å²) in [6, 6.07) is 4.89. The highest BCUT2D eigenvalue weighted by Gasteiger charge is 2.15. The van der Waals surface area contributed by atoms with E-state index in [1.54, 1.807) is 12.1 Å². The van der Waals surface area contributed by atoms with Crippen LogP contribution >= 0.6 is 11.6 Å². The summed E-state index contributed by atoms with van der Waals surface area (Å²) in [5.41, 5.74) is 0.974. The summed E-state index contributed by atoms with van der Waals surface area (Å²) < 4.78 is 13.1. The minimum atomic E-state index is -0.358. The molecular formula is C13H18ClFN2. The number of halogens is 2. The van der Waals surface area contributed by atoms with Crippen molar-refractivity contribution in [1.82, 2.24) is 5.32 Å². The average Bonchev–Trinajstić information content (AvgIpc) is 2.34. The van der Waals surface area contributed by atoms with Gasteiger partial charge in [0, 0.05) is 19.3 Å². The highest BCUT2D eigenvalue weighted by molar-refractivity contribution is 6.31. The number of hydrogen-bond acceptors (Lipinski definition) is 2. The van der Waals surface area contributed by atoms with Crippen molar-refractivity contribution in [1.29, 1.82) is 0 Å². The molecule has 2 nitrogen and oxygen atoms in total. The molecule has 94 valence electrons. The van der Waals surface area contributed by atoms with Crippen LogP contribution in [0.2, 0.25) is 5.02 Å². The zero-order chi connectivity index (χ0) is 12.3. The maximum absolute atomic E-state index is 13.1. The molecule has 17 heavy (non-hydrogen) atoms. The first kappa shape index (κ1) is 12.7. The highest BCUT2D eigenvalue weighted by atomic mass is 35.5. The summed E-state index contributed by atoms with van der Waals surface area (Å²) >= 11 is 5.79. The Hall–Kier alpha value is -0.800. The first-order valence-electron chi connectivity index (χ1n) is 6.03. The number of piperidine rings is 1. The third kappa shape index (κ3) is 3.33. The van der Waals surface area contributed by atoms with E-state index < -0.39 is 0 Å². The predicted octanol–water partition coefficient (Wildman–Crippen LogP) is 2.91. The zero-order valence-corrected chi connectivity index (χ0v) is 10.8. The second kappa shape index (κ2) is 5.69. The van der Waals surface area contributed by atoms with Crippen LogP contribution in [0.4, 0.5) is 10.1 Å². The lowest BCUT2D eigenvalue weighted by Crippen LogP contribution is -2.36. The fourth-order valence-electron chi connectivity index (χ4n) is 2.30. The first-order chi connectivity index (χ1) is 8.16. The van der Waals surface area contributed by atoms with Crippen molar-refractivity contribution >= 4 is 17.3 Å². The minimum Gasteiger partial charge on any atom is -0.374 e. The van der Waals surface area contributed by atoms with E-state index in [-0.39, 0.29) is 10.8 Å². The molecule has 1 aliphatic rings. The van der Waals surface area contributed by atoms with Crippen molar-refractivity contribution in [3.63, 3.8) is 0 Å². The number of hydrogen-bond donors (Lipinski definition) is 1. The molecule has 2 rings (SSSR count). The van der Waals surface area contributed by atoms with Crippen molar-refractivity contribution in [3.8, 4) is 0 Å². The smallest absolute Gasteiger partial charge is 0.141 e. The molecule has 1 unspecified atom stereocenters. The van der Waals surface area contributed by atoms with E-state index in [2.05, 4.69) is 10.2 Å². The summed E-state index contributed by atoms with van der Waals surface area (Å²) in [6.07, 6.45) is 2.49. The summed E-state index contributed by atoms with van der Waals surface area (Å²) in [5.74, 6) is 0.306. The molecule has 1 heterocycles. The third-order valence-electron chi connectivity index (χ3n) is 3.27. The monoisotopic (exact) mass is 256 g/mol. The Bertz CT molecular complexity index is 378. The molecule has 0 aliphatic carbocycles. The largest absolute Gasteiger partial charge is 0.374 e. The lowest BCUT2D eigenvalue weighted by atomic mass is 9.99. The van der Waals surface area contributed by atoms with Gasteiger partial charge in [-0.1, -0.05) is 11.6 Å². The maximum atomic E-state index is 13.1. The Morgan fingerprint density at radius 3 is 3.00 bits per heavy atom. The second-order valence-corrected chi connectivity index (χ2v) is 5.10. The van der Waals surface area contributed by atoms with Gasteiger partial charge in [-0.25, -0.2) is 4.39 Å². The van der Waals surface area contributed by atoms with Gasteiger partial charge in [-0.05, 0) is 50.0 Å². The van der Waals surface area contributed by atoms with Gasteiger partial charge in [0.15, 0.2) is 0 Å². The number of benzene rings is 1. The second-order valence-electron chi connectivity index (χ2n) is 4.69. The van der Waals surface area contributed by atoms with Gasteiger partial charge in [0.25, 0.3) is 0 Å². The van der Waals surface area contributed by atoms with Crippen molar-refractivity contribution in [3.05, 3.63) is 29.0 Å². The van der Waals surface area contributed by atoms with Crippen LogP contribution in [0, 0.1) is 11.7 Å². The molecule has 0 spiro atoms.